The van der Waals surface area contributed by atoms with Crippen LogP contribution in [-0.4, -0.2) is 39.5 Å². The number of hydrogen-bond acceptors (Lipinski definition) is 5. The van der Waals surface area contributed by atoms with Crippen molar-refractivity contribution in [1.29, 1.82) is 0 Å². The van der Waals surface area contributed by atoms with E-state index in [0.29, 0.717) is 23.1 Å². The van der Waals surface area contributed by atoms with Gasteiger partial charge in [-0.3, -0.25) is 14.9 Å². The molecule has 2 amide bonds. The minimum atomic E-state index is -0.429. The number of amides is 2. The van der Waals surface area contributed by atoms with E-state index in [0.717, 1.165) is 31.2 Å². The summed E-state index contributed by atoms with van der Waals surface area (Å²) in [5, 5.41) is 11.8. The van der Waals surface area contributed by atoms with Gasteiger partial charge in [0.05, 0.1) is 0 Å². The van der Waals surface area contributed by atoms with Crippen LogP contribution in [0.2, 0.25) is 0 Å². The first-order chi connectivity index (χ1) is 12.6. The molecule has 1 saturated carbocycles. The lowest BCUT2D eigenvalue weighted by Crippen LogP contribution is -2.46. The Hall–Kier alpha value is -2.35. The Kier molecular flexibility index (Phi) is 4.67. The molecule has 2 heterocycles. The molecule has 4 rings (SSSR count). The maximum Gasteiger partial charge on any atom is 0.249 e. The third-order valence-corrected chi connectivity index (χ3v) is 5.93. The Labute approximate surface area is 154 Å². The Morgan fingerprint density at radius 2 is 1.88 bits per heavy atom. The molecule has 0 spiro atoms. The summed E-state index contributed by atoms with van der Waals surface area (Å²) in [6, 6.07) is 5.53. The number of aromatic nitrogens is 2. The number of nitrogens with zero attached hydrogens (tertiary/aromatic N) is 3. The highest BCUT2D eigenvalue weighted by Gasteiger charge is 2.38. The second-order valence-corrected chi connectivity index (χ2v) is 7.70. The Morgan fingerprint density at radius 1 is 1.12 bits per heavy atom. The number of likely N-dealkylation sites (tertiary alicyclic amines) is 1. The van der Waals surface area contributed by atoms with Crippen molar-refractivity contribution >= 4 is 28.3 Å². The molecule has 1 aliphatic carbocycles. The van der Waals surface area contributed by atoms with Crippen molar-refractivity contribution in [3.63, 3.8) is 0 Å². The molecule has 26 heavy (non-hydrogen) atoms. The molecule has 2 aromatic rings. The van der Waals surface area contributed by atoms with Crippen LogP contribution >= 0.6 is 11.3 Å². The molecule has 6 nitrogen and oxygen atoms in total. The molecule has 1 atom stereocenters. The van der Waals surface area contributed by atoms with Gasteiger partial charge in [0.1, 0.15) is 16.9 Å². The Morgan fingerprint density at radius 3 is 2.58 bits per heavy atom. The normalized spacial score (nSPS) is 20.0. The minimum absolute atomic E-state index is 0.0926. The predicted octanol–water partition coefficient (Wildman–Crippen LogP) is 3.07. The van der Waals surface area contributed by atoms with Gasteiger partial charge >= 0.3 is 0 Å². The van der Waals surface area contributed by atoms with Crippen LogP contribution in [0.4, 0.5) is 9.52 Å². The molecule has 1 unspecified atom stereocenters. The van der Waals surface area contributed by atoms with Gasteiger partial charge in [-0.15, -0.1) is 10.2 Å². The van der Waals surface area contributed by atoms with E-state index in [9.17, 15) is 14.0 Å². The van der Waals surface area contributed by atoms with E-state index in [-0.39, 0.29) is 23.5 Å². The molecule has 8 heteroatoms. The molecule has 0 bridgehead atoms. The average molecular weight is 374 g/mol. The smallest absolute Gasteiger partial charge is 0.249 e. The Bertz CT molecular complexity index is 819. The Balaban J connectivity index is 1.43. The summed E-state index contributed by atoms with van der Waals surface area (Å²) in [7, 11) is 0. The van der Waals surface area contributed by atoms with Crippen molar-refractivity contribution in [3.8, 4) is 10.6 Å². The van der Waals surface area contributed by atoms with Gasteiger partial charge in [0.2, 0.25) is 16.9 Å². The predicted molar refractivity (Wildman–Crippen MR) is 96.0 cm³/mol. The van der Waals surface area contributed by atoms with Gasteiger partial charge in [-0.05, 0) is 49.9 Å². The van der Waals surface area contributed by atoms with E-state index in [2.05, 4.69) is 15.5 Å². The fourth-order valence-corrected chi connectivity index (χ4v) is 4.12. The van der Waals surface area contributed by atoms with Gasteiger partial charge in [0, 0.05) is 18.0 Å². The number of halogens is 1. The first kappa shape index (κ1) is 17.1. The maximum absolute atomic E-state index is 13.0. The standard InChI is InChI=1S/C18H19FN4O2S/c19-13-8-6-11(7-9-13)16-21-22-18(26-16)20-15(24)14-5-2-10-23(14)17(25)12-3-1-4-12/h6-9,12,14H,1-5,10H2,(H,20,22,24). The van der Waals surface area contributed by atoms with Crippen molar-refractivity contribution in [2.24, 2.45) is 5.92 Å². The summed E-state index contributed by atoms with van der Waals surface area (Å²) in [6.45, 7) is 0.643. The molecule has 1 aromatic heterocycles. The van der Waals surface area contributed by atoms with Gasteiger partial charge < -0.3 is 4.90 Å². The van der Waals surface area contributed by atoms with Crippen LogP contribution in [0.25, 0.3) is 10.6 Å². The lowest BCUT2D eigenvalue weighted by molar-refractivity contribution is -0.142. The van der Waals surface area contributed by atoms with Gasteiger partial charge in [-0.2, -0.15) is 0 Å². The van der Waals surface area contributed by atoms with Gasteiger partial charge in [0.15, 0.2) is 0 Å². The second-order valence-electron chi connectivity index (χ2n) is 6.73. The topological polar surface area (TPSA) is 75.2 Å². The van der Waals surface area contributed by atoms with E-state index in [1.165, 1.54) is 23.5 Å². The zero-order chi connectivity index (χ0) is 18.1. The fourth-order valence-electron chi connectivity index (χ4n) is 3.36. The number of hydrogen-bond donors (Lipinski definition) is 1. The highest BCUT2D eigenvalue weighted by molar-refractivity contribution is 7.18. The summed E-state index contributed by atoms with van der Waals surface area (Å²) >= 11 is 1.23. The minimum Gasteiger partial charge on any atom is -0.330 e. The molecule has 2 aliphatic rings. The molecule has 1 aliphatic heterocycles. The van der Waals surface area contributed by atoms with Crippen molar-refractivity contribution in [2.45, 2.75) is 38.1 Å². The third-order valence-electron chi connectivity index (χ3n) is 5.04. The lowest BCUT2D eigenvalue weighted by Gasteiger charge is -2.32. The fraction of sp³-hybridized carbons (Fsp3) is 0.444. The molecular weight excluding hydrogens is 355 g/mol. The second kappa shape index (κ2) is 7.11. The highest BCUT2D eigenvalue weighted by Crippen LogP contribution is 2.32. The first-order valence-electron chi connectivity index (χ1n) is 8.82. The number of carbonyl (C=O) groups is 2. The van der Waals surface area contributed by atoms with Crippen LogP contribution in [0.1, 0.15) is 32.1 Å². The van der Waals surface area contributed by atoms with Crippen molar-refractivity contribution < 1.29 is 14.0 Å². The van der Waals surface area contributed by atoms with E-state index in [4.69, 9.17) is 0 Å². The van der Waals surface area contributed by atoms with Crippen LogP contribution in [-0.2, 0) is 9.59 Å². The zero-order valence-corrected chi connectivity index (χ0v) is 15.0. The van der Waals surface area contributed by atoms with E-state index < -0.39 is 6.04 Å². The number of rotatable bonds is 4. The largest absolute Gasteiger partial charge is 0.330 e. The van der Waals surface area contributed by atoms with Crippen LogP contribution in [0.15, 0.2) is 24.3 Å². The number of benzene rings is 1. The van der Waals surface area contributed by atoms with Gasteiger partial charge in [-0.1, -0.05) is 17.8 Å². The van der Waals surface area contributed by atoms with Crippen LogP contribution in [0.5, 0.6) is 0 Å². The van der Waals surface area contributed by atoms with E-state index >= 15 is 0 Å². The first-order valence-corrected chi connectivity index (χ1v) is 9.64. The summed E-state index contributed by atoms with van der Waals surface area (Å²) in [6.07, 6.45) is 4.47. The molecule has 136 valence electrons. The average Bonchev–Trinajstić information content (AvgIpc) is 3.23. The number of nitrogens with one attached hydrogen (secondary N) is 1. The zero-order valence-electron chi connectivity index (χ0n) is 14.2. The monoisotopic (exact) mass is 374 g/mol. The number of anilines is 1. The molecule has 2 fully saturated rings. The van der Waals surface area contributed by atoms with Crippen LogP contribution < -0.4 is 5.32 Å². The SMILES string of the molecule is O=C(Nc1nnc(-c2ccc(F)cc2)s1)C1CCCN1C(=O)C1CCC1. The molecule has 1 saturated heterocycles. The van der Waals surface area contributed by atoms with Gasteiger partial charge in [0.25, 0.3) is 0 Å². The van der Waals surface area contributed by atoms with E-state index in [1.54, 1.807) is 17.0 Å². The lowest BCUT2D eigenvalue weighted by atomic mass is 9.84. The van der Waals surface area contributed by atoms with Crippen LogP contribution in [0, 0.1) is 11.7 Å². The van der Waals surface area contributed by atoms with Crippen molar-refractivity contribution in [1.82, 2.24) is 15.1 Å². The summed E-state index contributed by atoms with van der Waals surface area (Å²) in [5.41, 5.74) is 0.743. The highest BCUT2D eigenvalue weighted by atomic mass is 32.1. The van der Waals surface area contributed by atoms with Crippen molar-refractivity contribution in [2.75, 3.05) is 11.9 Å². The number of carbonyl (C=O) groups excluding carboxylic acids is 2. The van der Waals surface area contributed by atoms with E-state index in [1.807, 2.05) is 0 Å². The molecule has 0 radical (unpaired) electrons. The molecule has 1 aromatic carbocycles. The molecule has 1 N–H and O–H groups in total. The van der Waals surface area contributed by atoms with Gasteiger partial charge in [-0.25, -0.2) is 4.39 Å². The summed E-state index contributed by atoms with van der Waals surface area (Å²) < 4.78 is 13.0. The quantitative estimate of drug-likeness (QED) is 0.892. The third kappa shape index (κ3) is 3.33. The maximum atomic E-state index is 13.0. The molecular formula is C18H19FN4O2S. The van der Waals surface area contributed by atoms with Crippen LogP contribution in [0.3, 0.4) is 0 Å². The summed E-state index contributed by atoms with van der Waals surface area (Å²) in [4.78, 5) is 26.9. The summed E-state index contributed by atoms with van der Waals surface area (Å²) in [5.74, 6) is -0.325. The van der Waals surface area contributed by atoms with Crippen molar-refractivity contribution in [3.05, 3.63) is 30.1 Å².